The van der Waals surface area contributed by atoms with Crippen molar-refractivity contribution in [1.29, 1.82) is 0 Å². The SMILES string of the molecule is CC.CC(=O)N(C)c1c2c(nn1C)CN(C)C2. The highest BCUT2D eigenvalue weighted by Crippen LogP contribution is 2.29. The van der Waals surface area contributed by atoms with Gasteiger partial charge >= 0.3 is 0 Å². The molecule has 0 fully saturated rings. The van der Waals surface area contributed by atoms with Crippen LogP contribution in [0.1, 0.15) is 32.0 Å². The predicted molar refractivity (Wildman–Crippen MR) is 68.8 cm³/mol. The monoisotopic (exact) mass is 238 g/mol. The van der Waals surface area contributed by atoms with Crippen molar-refractivity contribution in [3.8, 4) is 0 Å². The van der Waals surface area contributed by atoms with Crippen molar-refractivity contribution in [3.63, 3.8) is 0 Å². The minimum absolute atomic E-state index is 0.0374. The van der Waals surface area contributed by atoms with Crippen LogP contribution >= 0.6 is 0 Å². The fourth-order valence-corrected chi connectivity index (χ4v) is 2.05. The molecule has 0 aromatic carbocycles. The van der Waals surface area contributed by atoms with Gasteiger partial charge in [-0.2, -0.15) is 5.10 Å². The van der Waals surface area contributed by atoms with Crippen LogP contribution in [0, 0.1) is 0 Å². The minimum Gasteiger partial charge on any atom is -0.300 e. The van der Waals surface area contributed by atoms with Crippen LogP contribution in [0.4, 0.5) is 5.82 Å². The topological polar surface area (TPSA) is 41.4 Å². The molecule has 0 unspecified atom stereocenters. The number of aryl methyl sites for hydroxylation is 1. The normalized spacial score (nSPS) is 14.0. The van der Waals surface area contributed by atoms with E-state index in [1.165, 1.54) is 5.56 Å². The number of nitrogens with zero attached hydrogens (tertiary/aromatic N) is 4. The second-order valence-corrected chi connectivity index (χ2v) is 4.12. The maximum absolute atomic E-state index is 11.3. The van der Waals surface area contributed by atoms with Gasteiger partial charge in [0.2, 0.25) is 5.91 Å². The van der Waals surface area contributed by atoms with Crippen LogP contribution in [0.3, 0.4) is 0 Å². The number of rotatable bonds is 1. The molecule has 0 radical (unpaired) electrons. The Hall–Kier alpha value is -1.36. The van der Waals surface area contributed by atoms with Gasteiger partial charge in [0.05, 0.1) is 5.69 Å². The number of hydrogen-bond donors (Lipinski definition) is 0. The van der Waals surface area contributed by atoms with Gasteiger partial charge in [0.1, 0.15) is 5.82 Å². The second-order valence-electron chi connectivity index (χ2n) is 4.12. The Morgan fingerprint density at radius 3 is 2.41 bits per heavy atom. The third kappa shape index (κ3) is 2.49. The maximum Gasteiger partial charge on any atom is 0.224 e. The van der Waals surface area contributed by atoms with Gasteiger partial charge in [-0.15, -0.1) is 0 Å². The summed E-state index contributed by atoms with van der Waals surface area (Å²) in [5, 5.41) is 4.43. The van der Waals surface area contributed by atoms with E-state index in [1.54, 1.807) is 23.6 Å². The van der Waals surface area contributed by atoms with Gasteiger partial charge in [0.25, 0.3) is 0 Å². The highest BCUT2D eigenvalue weighted by atomic mass is 16.2. The quantitative estimate of drug-likeness (QED) is 0.742. The Morgan fingerprint density at radius 1 is 1.29 bits per heavy atom. The number of hydrogen-bond acceptors (Lipinski definition) is 3. The molecule has 96 valence electrons. The van der Waals surface area contributed by atoms with Crippen molar-refractivity contribution in [3.05, 3.63) is 11.3 Å². The van der Waals surface area contributed by atoms with Crippen molar-refractivity contribution in [1.82, 2.24) is 14.7 Å². The summed E-state index contributed by atoms with van der Waals surface area (Å²) in [6.07, 6.45) is 0. The highest BCUT2D eigenvalue weighted by molar-refractivity contribution is 5.90. The molecular weight excluding hydrogens is 216 g/mol. The number of carbonyl (C=O) groups is 1. The Labute approximate surface area is 103 Å². The Balaban J connectivity index is 0.000000686. The lowest BCUT2D eigenvalue weighted by molar-refractivity contribution is -0.116. The molecular formula is C12H22N4O. The summed E-state index contributed by atoms with van der Waals surface area (Å²) < 4.78 is 1.79. The van der Waals surface area contributed by atoms with Gasteiger partial charge in [0, 0.05) is 39.7 Å². The molecule has 1 amide bonds. The number of aromatic nitrogens is 2. The van der Waals surface area contributed by atoms with E-state index in [0.29, 0.717) is 0 Å². The molecule has 1 aliphatic heterocycles. The molecule has 0 bridgehead atoms. The van der Waals surface area contributed by atoms with Crippen LogP contribution in [-0.4, -0.2) is 34.7 Å². The van der Waals surface area contributed by atoms with E-state index >= 15 is 0 Å². The summed E-state index contributed by atoms with van der Waals surface area (Å²) in [5.41, 5.74) is 2.26. The molecule has 2 rings (SSSR count). The molecule has 1 aliphatic rings. The summed E-state index contributed by atoms with van der Waals surface area (Å²) in [6.45, 7) is 7.31. The Kier molecular flexibility index (Phi) is 4.28. The summed E-state index contributed by atoms with van der Waals surface area (Å²) in [7, 11) is 5.73. The number of anilines is 1. The lowest BCUT2D eigenvalue weighted by Gasteiger charge is -2.17. The lowest BCUT2D eigenvalue weighted by atomic mass is 10.2. The van der Waals surface area contributed by atoms with Gasteiger partial charge in [-0.25, -0.2) is 0 Å². The largest absolute Gasteiger partial charge is 0.300 e. The van der Waals surface area contributed by atoms with Crippen LogP contribution in [0.2, 0.25) is 0 Å². The van der Waals surface area contributed by atoms with Crippen molar-refractivity contribution < 1.29 is 4.79 Å². The highest BCUT2D eigenvalue weighted by Gasteiger charge is 2.27. The fraction of sp³-hybridized carbons (Fsp3) is 0.667. The third-order valence-corrected chi connectivity index (χ3v) is 2.83. The Morgan fingerprint density at radius 2 is 1.88 bits per heavy atom. The summed E-state index contributed by atoms with van der Waals surface area (Å²) >= 11 is 0. The van der Waals surface area contributed by atoms with Gasteiger partial charge in [-0.1, -0.05) is 13.8 Å². The Bertz CT molecular complexity index is 411. The minimum atomic E-state index is 0.0374. The van der Waals surface area contributed by atoms with Crippen LogP contribution in [-0.2, 0) is 24.9 Å². The summed E-state index contributed by atoms with van der Waals surface area (Å²) in [6, 6.07) is 0. The van der Waals surface area contributed by atoms with Crippen LogP contribution in [0.15, 0.2) is 0 Å². The van der Waals surface area contributed by atoms with E-state index in [2.05, 4.69) is 17.0 Å². The molecule has 5 nitrogen and oxygen atoms in total. The molecule has 0 aliphatic carbocycles. The fourth-order valence-electron chi connectivity index (χ4n) is 2.05. The van der Waals surface area contributed by atoms with E-state index < -0.39 is 0 Å². The second kappa shape index (κ2) is 5.31. The molecule has 5 heteroatoms. The summed E-state index contributed by atoms with van der Waals surface area (Å²) in [4.78, 5) is 15.2. The molecule has 2 heterocycles. The van der Waals surface area contributed by atoms with E-state index in [9.17, 15) is 4.79 Å². The van der Waals surface area contributed by atoms with Gasteiger partial charge < -0.3 is 4.90 Å². The zero-order chi connectivity index (χ0) is 13.2. The standard InChI is InChI=1S/C10H16N4O.C2H6/c1-7(15)13(3)10-8-5-12(2)6-9(8)11-14(10)4;1-2/h5-6H2,1-4H3;1-2H3. The molecule has 0 saturated carbocycles. The zero-order valence-corrected chi connectivity index (χ0v) is 11.6. The average Bonchev–Trinajstić information content (AvgIpc) is 2.74. The van der Waals surface area contributed by atoms with Crippen molar-refractivity contribution in [2.45, 2.75) is 33.9 Å². The van der Waals surface area contributed by atoms with E-state index in [-0.39, 0.29) is 5.91 Å². The first kappa shape index (κ1) is 13.7. The average molecular weight is 238 g/mol. The van der Waals surface area contributed by atoms with E-state index in [4.69, 9.17) is 0 Å². The van der Waals surface area contributed by atoms with Crippen molar-refractivity contribution in [2.75, 3.05) is 19.0 Å². The van der Waals surface area contributed by atoms with Crippen LogP contribution < -0.4 is 4.90 Å². The van der Waals surface area contributed by atoms with Crippen LogP contribution in [0.25, 0.3) is 0 Å². The van der Waals surface area contributed by atoms with Gasteiger partial charge in [-0.05, 0) is 7.05 Å². The third-order valence-electron chi connectivity index (χ3n) is 2.83. The number of carbonyl (C=O) groups excluding carboxylic acids is 1. The van der Waals surface area contributed by atoms with Crippen molar-refractivity contribution >= 4 is 11.7 Å². The first-order valence-corrected chi connectivity index (χ1v) is 5.98. The number of fused-ring (bicyclic) bond motifs is 1. The number of amides is 1. The van der Waals surface area contributed by atoms with Gasteiger partial charge in [0.15, 0.2) is 0 Å². The molecule has 0 atom stereocenters. The van der Waals surface area contributed by atoms with Crippen molar-refractivity contribution in [2.24, 2.45) is 7.05 Å². The molecule has 1 aromatic heterocycles. The zero-order valence-electron chi connectivity index (χ0n) is 11.6. The molecule has 0 saturated heterocycles. The van der Waals surface area contributed by atoms with E-state index in [0.717, 1.165) is 24.6 Å². The molecule has 1 aromatic rings. The maximum atomic E-state index is 11.3. The smallest absolute Gasteiger partial charge is 0.224 e. The first-order valence-electron chi connectivity index (χ1n) is 5.98. The van der Waals surface area contributed by atoms with E-state index in [1.807, 2.05) is 20.9 Å². The molecule has 0 spiro atoms. The van der Waals surface area contributed by atoms with Gasteiger partial charge in [-0.3, -0.25) is 14.4 Å². The predicted octanol–water partition coefficient (Wildman–Crippen LogP) is 1.37. The van der Waals surface area contributed by atoms with Crippen LogP contribution in [0.5, 0.6) is 0 Å². The first-order chi connectivity index (χ1) is 8.00. The molecule has 0 N–H and O–H groups in total. The summed E-state index contributed by atoms with van der Waals surface area (Å²) in [5.74, 6) is 0.956. The lowest BCUT2D eigenvalue weighted by Crippen LogP contribution is -2.26. The molecule has 17 heavy (non-hydrogen) atoms.